The molecule has 0 N–H and O–H groups in total. The number of furan rings is 1. The van der Waals surface area contributed by atoms with Crippen molar-refractivity contribution in [2.24, 2.45) is 0 Å². The zero-order valence-electron chi connectivity index (χ0n) is 10.7. The van der Waals surface area contributed by atoms with Crippen LogP contribution in [0.25, 0.3) is 0 Å². The molecule has 0 unspecified atom stereocenters. The Hall–Kier alpha value is -1.54. The quantitative estimate of drug-likeness (QED) is 0.773. The summed E-state index contributed by atoms with van der Waals surface area (Å²) in [6.07, 6.45) is 1.79. The molecule has 0 bridgehead atoms. The molecule has 1 heterocycles. The van der Waals surface area contributed by atoms with E-state index in [2.05, 4.69) is 19.1 Å². The van der Waals surface area contributed by atoms with E-state index in [1.807, 2.05) is 13.8 Å². The lowest BCUT2D eigenvalue weighted by molar-refractivity contribution is 0.0992. The summed E-state index contributed by atoms with van der Waals surface area (Å²) in [5.74, 6) is -0.0104. The van der Waals surface area contributed by atoms with Crippen molar-refractivity contribution in [2.75, 3.05) is 0 Å². The van der Waals surface area contributed by atoms with Gasteiger partial charge in [0.15, 0.2) is 5.78 Å². The third-order valence-electron chi connectivity index (χ3n) is 3.10. The fraction of sp³-hybridized carbons (Fsp3) is 0.267. The van der Waals surface area contributed by atoms with Crippen LogP contribution in [0.2, 0.25) is 5.22 Å². The van der Waals surface area contributed by atoms with Gasteiger partial charge in [0.1, 0.15) is 0 Å². The molecule has 18 heavy (non-hydrogen) atoms. The average molecular weight is 263 g/mol. The second-order valence-corrected chi connectivity index (χ2v) is 4.93. The number of hydrogen-bond donors (Lipinski definition) is 0. The lowest BCUT2D eigenvalue weighted by Gasteiger charge is -2.10. The predicted molar refractivity (Wildman–Crippen MR) is 72.4 cm³/mol. The Kier molecular flexibility index (Phi) is 3.58. The lowest BCUT2D eigenvalue weighted by Crippen LogP contribution is -2.06. The first-order valence-corrected chi connectivity index (χ1v) is 6.19. The van der Waals surface area contributed by atoms with Crippen molar-refractivity contribution in [1.29, 1.82) is 0 Å². The molecule has 1 aromatic heterocycles. The van der Waals surface area contributed by atoms with Crippen LogP contribution < -0.4 is 0 Å². The molecule has 2 aromatic rings. The lowest BCUT2D eigenvalue weighted by atomic mass is 9.94. The maximum absolute atomic E-state index is 12.1. The monoisotopic (exact) mass is 262 g/mol. The number of hydrogen-bond acceptors (Lipinski definition) is 2. The first kappa shape index (κ1) is 12.9. The van der Waals surface area contributed by atoms with Gasteiger partial charge in [-0.25, -0.2) is 0 Å². The largest absolute Gasteiger partial charge is 0.452 e. The summed E-state index contributed by atoms with van der Waals surface area (Å²) in [7, 11) is 0. The highest BCUT2D eigenvalue weighted by Crippen LogP contribution is 2.22. The standard InChI is InChI=1S/C15H15ClO2/c1-9-6-10(2)13(11(3)7-9)8-14(17)12-4-5-18-15(12)16/h4-7H,8H2,1-3H3. The molecule has 0 aliphatic heterocycles. The number of Topliss-reactive ketones (excluding diaryl/α,β-unsaturated/α-hetero) is 1. The predicted octanol–water partition coefficient (Wildman–Crippen LogP) is 4.28. The smallest absolute Gasteiger partial charge is 0.203 e. The van der Waals surface area contributed by atoms with Gasteiger partial charge in [0.2, 0.25) is 5.22 Å². The van der Waals surface area contributed by atoms with E-state index < -0.39 is 0 Å². The van der Waals surface area contributed by atoms with Crippen molar-refractivity contribution < 1.29 is 9.21 Å². The van der Waals surface area contributed by atoms with Crippen LogP contribution in [0.4, 0.5) is 0 Å². The first-order chi connectivity index (χ1) is 8.49. The van der Waals surface area contributed by atoms with Gasteiger partial charge in [-0.1, -0.05) is 17.7 Å². The molecule has 0 aliphatic carbocycles. The molecule has 1 aromatic carbocycles. The number of benzene rings is 1. The first-order valence-electron chi connectivity index (χ1n) is 5.82. The number of ketones is 1. The maximum Gasteiger partial charge on any atom is 0.203 e. The summed E-state index contributed by atoms with van der Waals surface area (Å²) < 4.78 is 4.95. The Morgan fingerprint density at radius 3 is 2.33 bits per heavy atom. The molecule has 2 nitrogen and oxygen atoms in total. The molecule has 0 fully saturated rings. The van der Waals surface area contributed by atoms with Crippen LogP contribution >= 0.6 is 11.6 Å². The van der Waals surface area contributed by atoms with Crippen molar-refractivity contribution in [3.8, 4) is 0 Å². The Balaban J connectivity index is 2.31. The van der Waals surface area contributed by atoms with Crippen molar-refractivity contribution in [3.63, 3.8) is 0 Å². The van der Waals surface area contributed by atoms with Gasteiger partial charge in [-0.05, 0) is 55.1 Å². The van der Waals surface area contributed by atoms with Gasteiger partial charge >= 0.3 is 0 Å². The van der Waals surface area contributed by atoms with Crippen molar-refractivity contribution in [2.45, 2.75) is 27.2 Å². The van der Waals surface area contributed by atoms with Crippen LogP contribution in [0, 0.1) is 20.8 Å². The average Bonchev–Trinajstić information content (AvgIpc) is 2.69. The Bertz CT molecular complexity index is 573. The molecule has 3 heteroatoms. The van der Waals surface area contributed by atoms with Crippen LogP contribution in [0.15, 0.2) is 28.9 Å². The van der Waals surface area contributed by atoms with Gasteiger partial charge in [0, 0.05) is 6.42 Å². The maximum atomic E-state index is 12.1. The van der Waals surface area contributed by atoms with E-state index in [0.29, 0.717) is 12.0 Å². The molecule has 0 saturated heterocycles. The zero-order chi connectivity index (χ0) is 13.3. The summed E-state index contributed by atoms with van der Waals surface area (Å²) in [6.45, 7) is 6.11. The molecular weight excluding hydrogens is 248 g/mol. The summed E-state index contributed by atoms with van der Waals surface area (Å²) in [4.78, 5) is 12.1. The zero-order valence-corrected chi connectivity index (χ0v) is 11.5. The van der Waals surface area contributed by atoms with Gasteiger partial charge in [-0.3, -0.25) is 4.79 Å². The number of carbonyl (C=O) groups excluding carboxylic acids is 1. The van der Waals surface area contributed by atoms with E-state index >= 15 is 0 Å². The molecule has 0 atom stereocenters. The van der Waals surface area contributed by atoms with Crippen molar-refractivity contribution in [3.05, 3.63) is 57.5 Å². The molecule has 0 saturated carbocycles. The molecular formula is C15H15ClO2. The van der Waals surface area contributed by atoms with Crippen molar-refractivity contribution in [1.82, 2.24) is 0 Å². The molecule has 94 valence electrons. The van der Waals surface area contributed by atoms with Crippen LogP contribution in [-0.2, 0) is 6.42 Å². The minimum absolute atomic E-state index is 0.0104. The highest BCUT2D eigenvalue weighted by atomic mass is 35.5. The van der Waals surface area contributed by atoms with E-state index in [0.717, 1.165) is 16.7 Å². The fourth-order valence-corrected chi connectivity index (χ4v) is 2.46. The van der Waals surface area contributed by atoms with Gasteiger partial charge < -0.3 is 4.42 Å². The number of rotatable bonds is 3. The van der Waals surface area contributed by atoms with Gasteiger partial charge in [0.05, 0.1) is 11.8 Å². The van der Waals surface area contributed by atoms with Crippen LogP contribution in [0.1, 0.15) is 32.6 Å². The van der Waals surface area contributed by atoms with Crippen LogP contribution in [0.3, 0.4) is 0 Å². The van der Waals surface area contributed by atoms with Gasteiger partial charge in [0.25, 0.3) is 0 Å². The number of carbonyl (C=O) groups is 1. The van der Waals surface area contributed by atoms with Crippen LogP contribution in [0.5, 0.6) is 0 Å². The second-order valence-electron chi connectivity index (χ2n) is 4.59. The van der Waals surface area contributed by atoms with E-state index in [1.165, 1.54) is 11.8 Å². The molecule has 0 radical (unpaired) electrons. The van der Waals surface area contributed by atoms with Gasteiger partial charge in [-0.2, -0.15) is 0 Å². The van der Waals surface area contributed by atoms with Crippen LogP contribution in [-0.4, -0.2) is 5.78 Å². The summed E-state index contributed by atoms with van der Waals surface area (Å²) >= 11 is 5.82. The third-order valence-corrected chi connectivity index (χ3v) is 3.39. The van der Waals surface area contributed by atoms with E-state index in [9.17, 15) is 4.79 Å². The Morgan fingerprint density at radius 1 is 1.22 bits per heavy atom. The summed E-state index contributed by atoms with van der Waals surface area (Å²) in [5.41, 5.74) is 5.02. The van der Waals surface area contributed by atoms with E-state index in [4.69, 9.17) is 16.0 Å². The molecule has 0 amide bonds. The number of aryl methyl sites for hydroxylation is 3. The highest BCUT2D eigenvalue weighted by Gasteiger charge is 2.15. The SMILES string of the molecule is Cc1cc(C)c(CC(=O)c2ccoc2Cl)c(C)c1. The second kappa shape index (κ2) is 4.99. The summed E-state index contributed by atoms with van der Waals surface area (Å²) in [6, 6.07) is 5.79. The van der Waals surface area contributed by atoms with Gasteiger partial charge in [-0.15, -0.1) is 0 Å². The summed E-state index contributed by atoms with van der Waals surface area (Å²) in [5, 5.41) is 0.169. The minimum atomic E-state index is -0.0104. The highest BCUT2D eigenvalue weighted by molar-refractivity contribution is 6.32. The molecule has 0 aliphatic rings. The fourth-order valence-electron chi connectivity index (χ4n) is 2.24. The Morgan fingerprint density at radius 2 is 1.83 bits per heavy atom. The van der Waals surface area contributed by atoms with Crippen molar-refractivity contribution >= 4 is 17.4 Å². The Labute approximate surface area is 112 Å². The topological polar surface area (TPSA) is 30.2 Å². The van der Waals surface area contributed by atoms with E-state index in [-0.39, 0.29) is 11.0 Å². The van der Waals surface area contributed by atoms with E-state index in [1.54, 1.807) is 6.07 Å². The number of halogens is 1. The molecule has 2 rings (SSSR count). The third kappa shape index (κ3) is 2.49. The minimum Gasteiger partial charge on any atom is -0.452 e. The normalized spacial score (nSPS) is 10.7. The molecule has 0 spiro atoms.